The fourth-order valence-corrected chi connectivity index (χ4v) is 5.31. The number of hydrogen-bond donors (Lipinski definition) is 1. The minimum atomic E-state index is -0.227. The van der Waals surface area contributed by atoms with E-state index < -0.39 is 0 Å². The Balaban J connectivity index is 1.42. The van der Waals surface area contributed by atoms with Gasteiger partial charge in [-0.3, -0.25) is 4.79 Å². The van der Waals surface area contributed by atoms with Gasteiger partial charge in [0.15, 0.2) is 20.2 Å². The van der Waals surface area contributed by atoms with Crippen LogP contribution in [0, 0.1) is 0 Å². The van der Waals surface area contributed by atoms with Gasteiger partial charge >= 0.3 is 0 Å². The van der Waals surface area contributed by atoms with E-state index in [-0.39, 0.29) is 11.7 Å². The summed E-state index contributed by atoms with van der Waals surface area (Å²) in [4.78, 5) is 12.1. The molecule has 2 aromatic carbocycles. The predicted molar refractivity (Wildman–Crippen MR) is 132 cm³/mol. The number of halogens is 1. The van der Waals surface area contributed by atoms with Crippen LogP contribution in [-0.4, -0.2) is 41.8 Å². The van der Waals surface area contributed by atoms with E-state index in [1.165, 1.54) is 23.1 Å². The Morgan fingerprint density at radius 2 is 1.91 bits per heavy atom. The van der Waals surface area contributed by atoms with Gasteiger partial charge < -0.3 is 9.47 Å². The second-order valence-electron chi connectivity index (χ2n) is 6.17. The second-order valence-corrected chi connectivity index (χ2v) is 10.0. The van der Waals surface area contributed by atoms with E-state index in [9.17, 15) is 4.79 Å². The Hall–Kier alpha value is -2.27. The van der Waals surface area contributed by atoms with Crippen molar-refractivity contribution in [2.75, 3.05) is 19.5 Å². The first-order chi connectivity index (χ1) is 15.6. The van der Waals surface area contributed by atoms with Crippen molar-refractivity contribution in [3.8, 4) is 11.5 Å². The van der Waals surface area contributed by atoms with Crippen LogP contribution in [0.1, 0.15) is 18.1 Å². The number of rotatable bonds is 11. The van der Waals surface area contributed by atoms with Gasteiger partial charge in [-0.15, -0.1) is 10.2 Å². The van der Waals surface area contributed by atoms with Gasteiger partial charge in [0.2, 0.25) is 0 Å². The molecule has 0 spiro atoms. The number of nitrogens with one attached hydrogen (secondary N) is 1. The molecular weight excluding hydrogens is 488 g/mol. The molecule has 32 heavy (non-hydrogen) atoms. The maximum Gasteiger partial charge on any atom is 0.250 e. The molecule has 1 N–H and O–H groups in total. The van der Waals surface area contributed by atoms with Crippen molar-refractivity contribution in [3.05, 3.63) is 58.6 Å². The van der Waals surface area contributed by atoms with Crippen molar-refractivity contribution in [1.82, 2.24) is 15.6 Å². The Morgan fingerprint density at radius 3 is 2.62 bits per heavy atom. The molecule has 0 bridgehead atoms. The van der Waals surface area contributed by atoms with Gasteiger partial charge in [0.05, 0.1) is 25.7 Å². The zero-order valence-corrected chi connectivity index (χ0v) is 20.6. The van der Waals surface area contributed by atoms with E-state index in [1.54, 1.807) is 37.2 Å². The van der Waals surface area contributed by atoms with Crippen molar-refractivity contribution in [1.29, 1.82) is 0 Å². The minimum Gasteiger partial charge on any atom is -0.493 e. The first-order valence-electron chi connectivity index (χ1n) is 9.53. The number of thioether (sulfide) groups is 2. The van der Waals surface area contributed by atoms with Gasteiger partial charge in [-0.25, -0.2) is 5.43 Å². The summed E-state index contributed by atoms with van der Waals surface area (Å²) in [5, 5.41) is 13.0. The maximum absolute atomic E-state index is 12.1. The summed E-state index contributed by atoms with van der Waals surface area (Å²) in [7, 11) is 1.58. The Labute approximate surface area is 204 Å². The third-order valence-corrected chi connectivity index (χ3v) is 7.39. The van der Waals surface area contributed by atoms with Crippen molar-refractivity contribution in [3.63, 3.8) is 0 Å². The molecule has 0 unspecified atom stereocenters. The number of hydrogen-bond acceptors (Lipinski definition) is 9. The number of hydrazone groups is 1. The summed E-state index contributed by atoms with van der Waals surface area (Å²) >= 11 is 10.3. The largest absolute Gasteiger partial charge is 0.493 e. The fraction of sp³-hybridized carbons (Fsp3) is 0.238. The Bertz CT molecular complexity index is 1060. The van der Waals surface area contributed by atoms with E-state index >= 15 is 0 Å². The third kappa shape index (κ3) is 7.70. The monoisotopic (exact) mass is 508 g/mol. The van der Waals surface area contributed by atoms with E-state index in [4.69, 9.17) is 21.1 Å². The van der Waals surface area contributed by atoms with E-state index in [0.717, 1.165) is 30.6 Å². The van der Waals surface area contributed by atoms with Gasteiger partial charge in [0, 0.05) is 10.8 Å². The number of ether oxygens (including phenoxy) is 2. The minimum absolute atomic E-state index is 0.195. The molecule has 0 saturated carbocycles. The molecule has 1 heterocycles. The lowest BCUT2D eigenvalue weighted by Crippen LogP contribution is -2.19. The summed E-state index contributed by atoms with van der Waals surface area (Å²) in [6.45, 7) is 2.46. The molecule has 0 saturated heterocycles. The summed E-state index contributed by atoms with van der Waals surface area (Å²) in [5.41, 5.74) is 4.46. The smallest absolute Gasteiger partial charge is 0.250 e. The average molecular weight is 509 g/mol. The van der Waals surface area contributed by atoms with Crippen LogP contribution < -0.4 is 14.9 Å². The van der Waals surface area contributed by atoms with Crippen LogP contribution in [0.4, 0.5) is 0 Å². The lowest BCUT2D eigenvalue weighted by atomic mass is 10.2. The molecule has 168 valence electrons. The molecule has 0 fully saturated rings. The van der Waals surface area contributed by atoms with E-state index in [1.807, 2.05) is 37.3 Å². The second kappa shape index (κ2) is 12.7. The van der Waals surface area contributed by atoms with Crippen LogP contribution in [0.2, 0.25) is 5.02 Å². The first-order valence-corrected chi connectivity index (χ1v) is 12.7. The molecule has 0 aliphatic carbocycles. The zero-order valence-electron chi connectivity index (χ0n) is 17.4. The molecule has 7 nitrogen and oxygen atoms in total. The normalized spacial score (nSPS) is 11.0. The fourth-order valence-electron chi connectivity index (χ4n) is 2.42. The number of amides is 1. The molecule has 0 atom stereocenters. The van der Waals surface area contributed by atoms with Crippen molar-refractivity contribution < 1.29 is 14.3 Å². The summed E-state index contributed by atoms with van der Waals surface area (Å²) in [5.74, 6) is 2.02. The van der Waals surface area contributed by atoms with Crippen molar-refractivity contribution in [2.45, 2.75) is 21.4 Å². The number of carbonyl (C=O) groups is 1. The van der Waals surface area contributed by atoms with E-state index in [2.05, 4.69) is 20.7 Å². The molecule has 1 aromatic heterocycles. The topological polar surface area (TPSA) is 85.7 Å². The van der Waals surface area contributed by atoms with Crippen LogP contribution >= 0.6 is 46.5 Å². The van der Waals surface area contributed by atoms with Crippen LogP contribution in [-0.2, 0) is 10.5 Å². The maximum atomic E-state index is 12.1. The number of methoxy groups -OCH3 is 1. The van der Waals surface area contributed by atoms with Gasteiger partial charge in [-0.05, 0) is 48.4 Å². The summed E-state index contributed by atoms with van der Waals surface area (Å²) in [6.07, 6.45) is 1.55. The van der Waals surface area contributed by atoms with E-state index in [0.29, 0.717) is 18.1 Å². The number of carbonyl (C=O) groups excluding carboxylic acids is 1. The van der Waals surface area contributed by atoms with Crippen molar-refractivity contribution in [2.24, 2.45) is 5.10 Å². The van der Waals surface area contributed by atoms with Gasteiger partial charge in [-0.1, -0.05) is 58.6 Å². The molecule has 3 aromatic rings. The lowest BCUT2D eigenvalue weighted by Gasteiger charge is -2.09. The molecule has 0 radical (unpaired) electrons. The highest BCUT2D eigenvalue weighted by Crippen LogP contribution is 2.31. The van der Waals surface area contributed by atoms with Crippen LogP contribution in [0.25, 0.3) is 0 Å². The Kier molecular flexibility index (Phi) is 9.66. The average Bonchev–Trinajstić information content (AvgIpc) is 3.26. The highest BCUT2D eigenvalue weighted by Gasteiger charge is 2.09. The highest BCUT2D eigenvalue weighted by molar-refractivity contribution is 8.03. The number of nitrogens with zero attached hydrogens (tertiary/aromatic N) is 3. The lowest BCUT2D eigenvalue weighted by molar-refractivity contribution is -0.118. The van der Waals surface area contributed by atoms with Crippen LogP contribution in [0.5, 0.6) is 11.5 Å². The first kappa shape index (κ1) is 24.4. The third-order valence-electron chi connectivity index (χ3n) is 3.88. The molecular formula is C21H21ClN4O3S3. The Morgan fingerprint density at radius 1 is 1.16 bits per heavy atom. The van der Waals surface area contributed by atoms with Crippen LogP contribution in [0.15, 0.2) is 56.2 Å². The molecule has 3 rings (SSSR count). The van der Waals surface area contributed by atoms with Gasteiger partial charge in [-0.2, -0.15) is 5.10 Å². The zero-order chi connectivity index (χ0) is 22.8. The summed E-state index contributed by atoms with van der Waals surface area (Å²) in [6, 6.07) is 13.1. The SMILES string of the molecule is CCOc1ccc(/C=N/NC(=O)CSc2nnc(SCc3ccc(Cl)cc3)s2)cc1OC. The van der Waals surface area contributed by atoms with Crippen LogP contribution in [0.3, 0.4) is 0 Å². The molecule has 1 amide bonds. The standard InChI is InChI=1S/C21H21ClN4O3S3/c1-3-29-17-9-6-15(10-18(17)28-2)11-23-24-19(27)13-31-21-26-25-20(32-21)30-12-14-4-7-16(22)8-5-14/h4-11H,3,12-13H2,1-2H3,(H,24,27)/b23-11+. The quantitative estimate of drug-likeness (QED) is 0.218. The van der Waals surface area contributed by atoms with Gasteiger partial charge in [0.1, 0.15) is 0 Å². The molecule has 0 aliphatic rings. The number of benzene rings is 2. The van der Waals surface area contributed by atoms with Crippen molar-refractivity contribution >= 4 is 58.6 Å². The van der Waals surface area contributed by atoms with Gasteiger partial charge in [0.25, 0.3) is 5.91 Å². The summed E-state index contributed by atoms with van der Waals surface area (Å²) < 4.78 is 12.4. The highest BCUT2D eigenvalue weighted by atomic mass is 35.5. The molecule has 11 heteroatoms. The predicted octanol–water partition coefficient (Wildman–Crippen LogP) is 5.13. The number of aromatic nitrogens is 2. The molecule has 0 aliphatic heterocycles.